The van der Waals surface area contributed by atoms with Gasteiger partial charge in [0.25, 0.3) is 0 Å². The highest BCUT2D eigenvalue weighted by Gasteiger charge is 2.21. The summed E-state index contributed by atoms with van der Waals surface area (Å²) in [5.41, 5.74) is 0. The monoisotopic (exact) mass is 253 g/mol. The Bertz CT molecular complexity index is 517. The Labute approximate surface area is 103 Å². The van der Waals surface area contributed by atoms with Gasteiger partial charge in [-0.1, -0.05) is 18.5 Å². The first-order valence-electron chi connectivity index (χ1n) is 5.44. The highest BCUT2D eigenvalue weighted by atomic mass is 35.5. The van der Waals surface area contributed by atoms with E-state index in [0.717, 1.165) is 27.4 Å². The Morgan fingerprint density at radius 2 is 2.38 bits per heavy atom. The molecule has 2 aromatic rings. The van der Waals surface area contributed by atoms with Gasteiger partial charge in [0.2, 0.25) is 0 Å². The summed E-state index contributed by atoms with van der Waals surface area (Å²) in [4.78, 5) is 5.67. The third-order valence-electron chi connectivity index (χ3n) is 2.94. The van der Waals surface area contributed by atoms with Crippen LogP contribution in [0.2, 0.25) is 4.34 Å². The fourth-order valence-electron chi connectivity index (χ4n) is 2.10. The highest BCUT2D eigenvalue weighted by Crippen LogP contribution is 2.32. The molecule has 1 unspecified atom stereocenters. The van der Waals surface area contributed by atoms with Crippen molar-refractivity contribution in [3.05, 3.63) is 22.3 Å². The number of aryl methyl sites for hydroxylation is 1. The van der Waals surface area contributed by atoms with Gasteiger partial charge in [-0.15, -0.1) is 16.4 Å². The van der Waals surface area contributed by atoms with Crippen LogP contribution in [0.1, 0.15) is 31.5 Å². The molecule has 0 amide bonds. The summed E-state index contributed by atoms with van der Waals surface area (Å²) in [6, 6.07) is 3.88. The lowest BCUT2D eigenvalue weighted by atomic mass is 10.0. The first kappa shape index (κ1) is 10.3. The second-order valence-corrected chi connectivity index (χ2v) is 5.88. The van der Waals surface area contributed by atoms with Crippen molar-refractivity contribution in [3.8, 4) is 10.7 Å². The van der Waals surface area contributed by atoms with Crippen LogP contribution >= 0.6 is 22.9 Å². The number of rotatable bonds is 1. The Balaban J connectivity index is 2.04. The van der Waals surface area contributed by atoms with Gasteiger partial charge >= 0.3 is 0 Å². The Hall–Kier alpha value is -0.870. The molecule has 0 saturated carbocycles. The second-order valence-electron chi connectivity index (χ2n) is 4.16. The van der Waals surface area contributed by atoms with Crippen molar-refractivity contribution in [1.82, 2.24) is 14.8 Å². The van der Waals surface area contributed by atoms with E-state index in [1.165, 1.54) is 24.2 Å². The maximum atomic E-state index is 5.92. The number of halogens is 1. The number of hydrogen-bond acceptors (Lipinski definition) is 3. The zero-order valence-electron chi connectivity index (χ0n) is 8.98. The number of thiophene rings is 1. The van der Waals surface area contributed by atoms with Gasteiger partial charge in [-0.25, -0.2) is 9.67 Å². The SMILES string of the molecule is CC1CCCn2nc(-c3ccc(Cl)s3)nc21. The van der Waals surface area contributed by atoms with Crippen LogP contribution < -0.4 is 0 Å². The summed E-state index contributed by atoms with van der Waals surface area (Å²) in [5, 5.41) is 4.54. The molecule has 2 aromatic heterocycles. The van der Waals surface area contributed by atoms with Gasteiger partial charge < -0.3 is 0 Å². The molecule has 5 heteroatoms. The van der Waals surface area contributed by atoms with Gasteiger partial charge in [0, 0.05) is 12.5 Å². The van der Waals surface area contributed by atoms with Crippen LogP contribution in [0.5, 0.6) is 0 Å². The predicted octanol–water partition coefficient (Wildman–Crippen LogP) is 3.56. The van der Waals surface area contributed by atoms with Crippen LogP contribution in [-0.4, -0.2) is 14.8 Å². The second kappa shape index (κ2) is 3.86. The summed E-state index contributed by atoms with van der Waals surface area (Å²) in [7, 11) is 0. The van der Waals surface area contributed by atoms with Crippen molar-refractivity contribution >= 4 is 22.9 Å². The van der Waals surface area contributed by atoms with Gasteiger partial charge in [0.05, 0.1) is 9.21 Å². The molecule has 1 atom stereocenters. The third-order valence-corrected chi connectivity index (χ3v) is 4.17. The average Bonchev–Trinajstić information content (AvgIpc) is 2.84. The number of fused-ring (bicyclic) bond motifs is 1. The van der Waals surface area contributed by atoms with Crippen LogP contribution in [0.4, 0.5) is 0 Å². The summed E-state index contributed by atoms with van der Waals surface area (Å²) in [5.74, 6) is 2.46. The van der Waals surface area contributed by atoms with E-state index in [-0.39, 0.29) is 0 Å². The van der Waals surface area contributed by atoms with Gasteiger partial charge in [0.15, 0.2) is 5.82 Å². The normalized spacial score (nSPS) is 19.8. The van der Waals surface area contributed by atoms with Crippen LogP contribution in [0, 0.1) is 0 Å². The summed E-state index contributed by atoms with van der Waals surface area (Å²) in [6.45, 7) is 3.20. The first-order chi connectivity index (χ1) is 7.74. The largest absolute Gasteiger partial charge is 0.249 e. The van der Waals surface area contributed by atoms with E-state index in [2.05, 4.69) is 17.0 Å². The maximum absolute atomic E-state index is 5.92. The highest BCUT2D eigenvalue weighted by molar-refractivity contribution is 7.19. The van der Waals surface area contributed by atoms with E-state index < -0.39 is 0 Å². The van der Waals surface area contributed by atoms with E-state index in [9.17, 15) is 0 Å². The predicted molar refractivity (Wildman–Crippen MR) is 66.0 cm³/mol. The standard InChI is InChI=1S/C11H12ClN3S/c1-7-3-2-6-15-11(7)13-10(14-15)8-4-5-9(12)16-8/h4-5,7H,2-3,6H2,1H3. The van der Waals surface area contributed by atoms with Crippen molar-refractivity contribution in [2.45, 2.75) is 32.2 Å². The molecule has 0 bridgehead atoms. The fraction of sp³-hybridized carbons (Fsp3) is 0.455. The van der Waals surface area contributed by atoms with Crippen LogP contribution in [0.25, 0.3) is 10.7 Å². The molecule has 0 aromatic carbocycles. The van der Waals surface area contributed by atoms with Crippen molar-refractivity contribution in [1.29, 1.82) is 0 Å². The van der Waals surface area contributed by atoms with Crippen molar-refractivity contribution < 1.29 is 0 Å². The minimum absolute atomic E-state index is 0.519. The topological polar surface area (TPSA) is 30.7 Å². The van der Waals surface area contributed by atoms with Gasteiger partial charge in [-0.2, -0.15) is 0 Å². The molecule has 0 spiro atoms. The average molecular weight is 254 g/mol. The van der Waals surface area contributed by atoms with Crippen molar-refractivity contribution in [2.75, 3.05) is 0 Å². The molecule has 0 radical (unpaired) electrons. The van der Waals surface area contributed by atoms with Gasteiger partial charge in [-0.3, -0.25) is 0 Å². The number of aromatic nitrogens is 3. The molecular formula is C11H12ClN3S. The molecule has 0 saturated heterocycles. The van der Waals surface area contributed by atoms with Crippen molar-refractivity contribution in [2.24, 2.45) is 0 Å². The van der Waals surface area contributed by atoms with E-state index in [0.29, 0.717) is 5.92 Å². The van der Waals surface area contributed by atoms with Gasteiger partial charge in [0.1, 0.15) is 5.82 Å². The van der Waals surface area contributed by atoms with Crippen LogP contribution in [0.15, 0.2) is 12.1 Å². The minimum atomic E-state index is 0.519. The Kier molecular flexibility index (Phi) is 2.48. The molecule has 84 valence electrons. The van der Waals surface area contributed by atoms with E-state index in [1.807, 2.05) is 16.8 Å². The smallest absolute Gasteiger partial charge is 0.191 e. The molecular weight excluding hydrogens is 242 g/mol. The molecule has 0 fully saturated rings. The molecule has 0 N–H and O–H groups in total. The summed E-state index contributed by atoms with van der Waals surface area (Å²) >= 11 is 7.45. The van der Waals surface area contributed by atoms with E-state index >= 15 is 0 Å². The van der Waals surface area contributed by atoms with Crippen LogP contribution in [-0.2, 0) is 6.54 Å². The van der Waals surface area contributed by atoms with Crippen LogP contribution in [0.3, 0.4) is 0 Å². The summed E-state index contributed by atoms with van der Waals surface area (Å²) in [6.07, 6.45) is 2.41. The lowest BCUT2D eigenvalue weighted by molar-refractivity contribution is 0.432. The van der Waals surface area contributed by atoms with E-state index in [4.69, 9.17) is 11.6 Å². The third kappa shape index (κ3) is 1.66. The maximum Gasteiger partial charge on any atom is 0.191 e. The zero-order valence-corrected chi connectivity index (χ0v) is 10.6. The van der Waals surface area contributed by atoms with Crippen molar-refractivity contribution in [3.63, 3.8) is 0 Å². The lowest BCUT2D eigenvalue weighted by Crippen LogP contribution is -2.14. The minimum Gasteiger partial charge on any atom is -0.249 e. The molecule has 16 heavy (non-hydrogen) atoms. The summed E-state index contributed by atoms with van der Waals surface area (Å²) < 4.78 is 2.83. The lowest BCUT2D eigenvalue weighted by Gasteiger charge is -2.17. The fourth-order valence-corrected chi connectivity index (χ4v) is 3.07. The van der Waals surface area contributed by atoms with E-state index in [1.54, 1.807) is 0 Å². The molecule has 1 aliphatic heterocycles. The molecule has 3 nitrogen and oxygen atoms in total. The molecule has 0 aliphatic carbocycles. The molecule has 1 aliphatic rings. The number of nitrogens with zero attached hydrogens (tertiary/aromatic N) is 3. The Morgan fingerprint density at radius 3 is 3.06 bits per heavy atom. The first-order valence-corrected chi connectivity index (χ1v) is 6.64. The molecule has 3 heterocycles. The molecule has 3 rings (SSSR count). The Morgan fingerprint density at radius 1 is 1.50 bits per heavy atom. The zero-order chi connectivity index (χ0) is 11.1. The number of hydrogen-bond donors (Lipinski definition) is 0. The van der Waals surface area contributed by atoms with Gasteiger partial charge in [-0.05, 0) is 25.0 Å². The quantitative estimate of drug-likeness (QED) is 0.778.